The smallest absolute Gasteiger partial charge is 0.271 e. The Labute approximate surface area is 116 Å². The second kappa shape index (κ2) is 6.29. The Hall–Kier alpha value is -1.95. The third-order valence-corrected chi connectivity index (χ3v) is 3.74. The van der Waals surface area contributed by atoms with E-state index in [4.69, 9.17) is 0 Å². The van der Waals surface area contributed by atoms with Gasteiger partial charge >= 0.3 is 0 Å². The molecule has 0 saturated heterocycles. The fourth-order valence-corrected chi connectivity index (χ4v) is 2.60. The fourth-order valence-electron chi connectivity index (χ4n) is 1.68. The summed E-state index contributed by atoms with van der Waals surface area (Å²) in [6.45, 7) is 2.87. The molecule has 2 heterocycles. The van der Waals surface area contributed by atoms with E-state index in [1.165, 1.54) is 10.4 Å². The summed E-state index contributed by atoms with van der Waals surface area (Å²) in [5.74, 6) is 0.439. The molecule has 1 amide bonds. The third-order valence-electron chi connectivity index (χ3n) is 2.77. The lowest BCUT2D eigenvalue weighted by Crippen LogP contribution is -2.19. The summed E-state index contributed by atoms with van der Waals surface area (Å²) in [4.78, 5) is 12.6. The standard InChI is InChI=1S/C13H16N4OS/c1-3-9-6-7-19-11(9)8-15-12-5-4-10(16-17-12)13(18)14-2/h4-7H,3,8H2,1-2H3,(H,14,18)(H,15,17). The zero-order chi connectivity index (χ0) is 13.7. The van der Waals surface area contributed by atoms with E-state index < -0.39 is 0 Å². The molecule has 100 valence electrons. The molecule has 6 heteroatoms. The Balaban J connectivity index is 1.98. The summed E-state index contributed by atoms with van der Waals surface area (Å²) in [6.07, 6.45) is 1.03. The molecule has 19 heavy (non-hydrogen) atoms. The van der Waals surface area contributed by atoms with Crippen LogP contribution in [0, 0.1) is 0 Å². The maximum atomic E-state index is 11.3. The minimum Gasteiger partial charge on any atom is -0.364 e. The molecule has 0 bridgehead atoms. The molecular formula is C13H16N4OS. The maximum Gasteiger partial charge on any atom is 0.271 e. The summed E-state index contributed by atoms with van der Waals surface area (Å²) in [5, 5.41) is 15.7. The predicted octanol–water partition coefficient (Wildman–Crippen LogP) is 2.07. The number of carbonyl (C=O) groups excluding carboxylic acids is 1. The maximum absolute atomic E-state index is 11.3. The highest BCUT2D eigenvalue weighted by Crippen LogP contribution is 2.18. The zero-order valence-electron chi connectivity index (χ0n) is 10.9. The van der Waals surface area contributed by atoms with Gasteiger partial charge in [0, 0.05) is 11.9 Å². The first kappa shape index (κ1) is 13.5. The van der Waals surface area contributed by atoms with E-state index in [1.54, 1.807) is 30.5 Å². The van der Waals surface area contributed by atoms with Gasteiger partial charge < -0.3 is 10.6 Å². The minimum atomic E-state index is -0.231. The first-order valence-corrected chi connectivity index (χ1v) is 6.97. The van der Waals surface area contributed by atoms with Gasteiger partial charge in [-0.15, -0.1) is 21.5 Å². The van der Waals surface area contributed by atoms with Crippen molar-refractivity contribution >= 4 is 23.1 Å². The van der Waals surface area contributed by atoms with E-state index in [0.717, 1.165) is 13.0 Å². The van der Waals surface area contributed by atoms with E-state index >= 15 is 0 Å². The van der Waals surface area contributed by atoms with Crippen molar-refractivity contribution in [2.75, 3.05) is 12.4 Å². The number of amides is 1. The van der Waals surface area contributed by atoms with Crippen molar-refractivity contribution in [3.63, 3.8) is 0 Å². The number of aromatic nitrogens is 2. The monoisotopic (exact) mass is 276 g/mol. The summed E-state index contributed by atoms with van der Waals surface area (Å²) < 4.78 is 0. The largest absolute Gasteiger partial charge is 0.364 e. The second-order valence-corrected chi connectivity index (χ2v) is 4.96. The summed E-state index contributed by atoms with van der Waals surface area (Å²) >= 11 is 1.73. The summed E-state index contributed by atoms with van der Waals surface area (Å²) in [7, 11) is 1.57. The van der Waals surface area contributed by atoms with Crippen LogP contribution in [0.4, 0.5) is 5.82 Å². The van der Waals surface area contributed by atoms with Crippen molar-refractivity contribution in [3.05, 3.63) is 39.7 Å². The average molecular weight is 276 g/mol. The third kappa shape index (κ3) is 3.29. The number of hydrogen-bond acceptors (Lipinski definition) is 5. The molecule has 0 spiro atoms. The van der Waals surface area contributed by atoms with Gasteiger partial charge in [0.25, 0.3) is 5.91 Å². The van der Waals surface area contributed by atoms with Gasteiger partial charge in [-0.3, -0.25) is 4.79 Å². The number of anilines is 1. The first-order chi connectivity index (χ1) is 9.24. The summed E-state index contributed by atoms with van der Waals surface area (Å²) in [6, 6.07) is 5.56. The number of rotatable bonds is 5. The molecule has 0 fully saturated rings. The number of hydrogen-bond donors (Lipinski definition) is 2. The van der Waals surface area contributed by atoms with Crippen molar-refractivity contribution in [1.29, 1.82) is 0 Å². The molecule has 0 unspecified atom stereocenters. The Morgan fingerprint density at radius 1 is 1.32 bits per heavy atom. The number of aryl methyl sites for hydroxylation is 1. The van der Waals surface area contributed by atoms with Crippen LogP contribution in [0.15, 0.2) is 23.6 Å². The van der Waals surface area contributed by atoms with Crippen molar-refractivity contribution in [2.45, 2.75) is 19.9 Å². The van der Waals surface area contributed by atoms with Crippen LogP contribution in [-0.4, -0.2) is 23.2 Å². The molecule has 0 aliphatic heterocycles. The van der Waals surface area contributed by atoms with E-state index in [0.29, 0.717) is 11.5 Å². The molecule has 0 saturated carbocycles. The highest BCUT2D eigenvalue weighted by atomic mass is 32.1. The molecule has 0 aromatic carbocycles. The first-order valence-electron chi connectivity index (χ1n) is 6.09. The van der Waals surface area contributed by atoms with Crippen LogP contribution in [0.5, 0.6) is 0 Å². The van der Waals surface area contributed by atoms with Crippen LogP contribution in [0.1, 0.15) is 27.9 Å². The molecule has 2 rings (SSSR count). The molecule has 2 aromatic heterocycles. The van der Waals surface area contributed by atoms with Crippen LogP contribution in [0.2, 0.25) is 0 Å². The molecule has 0 aliphatic carbocycles. The second-order valence-electron chi connectivity index (χ2n) is 3.96. The molecule has 0 radical (unpaired) electrons. The molecule has 2 N–H and O–H groups in total. The van der Waals surface area contributed by atoms with Crippen molar-refractivity contribution in [2.24, 2.45) is 0 Å². The number of thiophene rings is 1. The Kier molecular flexibility index (Phi) is 4.46. The van der Waals surface area contributed by atoms with Crippen LogP contribution in [0.25, 0.3) is 0 Å². The highest BCUT2D eigenvalue weighted by molar-refractivity contribution is 7.10. The van der Waals surface area contributed by atoms with Gasteiger partial charge in [0.05, 0.1) is 6.54 Å². The van der Waals surface area contributed by atoms with Crippen LogP contribution in [-0.2, 0) is 13.0 Å². The Morgan fingerprint density at radius 2 is 2.16 bits per heavy atom. The van der Waals surface area contributed by atoms with Crippen LogP contribution >= 0.6 is 11.3 Å². The van der Waals surface area contributed by atoms with Crippen LogP contribution in [0.3, 0.4) is 0 Å². The van der Waals surface area contributed by atoms with Gasteiger partial charge in [0.15, 0.2) is 5.69 Å². The SMILES string of the molecule is CCc1ccsc1CNc1ccc(C(=O)NC)nn1. The van der Waals surface area contributed by atoms with Gasteiger partial charge in [-0.25, -0.2) is 0 Å². The Bertz CT molecular complexity index is 550. The fraction of sp³-hybridized carbons (Fsp3) is 0.308. The van der Waals surface area contributed by atoms with E-state index in [9.17, 15) is 4.79 Å². The van der Waals surface area contributed by atoms with E-state index in [-0.39, 0.29) is 5.91 Å². The van der Waals surface area contributed by atoms with Gasteiger partial charge in [0.1, 0.15) is 5.82 Å². The van der Waals surface area contributed by atoms with Gasteiger partial charge in [0.2, 0.25) is 0 Å². The lowest BCUT2D eigenvalue weighted by Gasteiger charge is -2.05. The molecular weight excluding hydrogens is 260 g/mol. The number of nitrogens with zero attached hydrogens (tertiary/aromatic N) is 2. The van der Waals surface area contributed by atoms with Crippen molar-refractivity contribution in [3.8, 4) is 0 Å². The normalized spacial score (nSPS) is 10.2. The molecule has 2 aromatic rings. The lowest BCUT2D eigenvalue weighted by atomic mass is 10.2. The van der Waals surface area contributed by atoms with Gasteiger partial charge in [-0.05, 0) is 35.6 Å². The zero-order valence-corrected chi connectivity index (χ0v) is 11.8. The average Bonchev–Trinajstić information content (AvgIpc) is 2.92. The van der Waals surface area contributed by atoms with Gasteiger partial charge in [-0.2, -0.15) is 0 Å². The van der Waals surface area contributed by atoms with E-state index in [1.807, 2.05) is 0 Å². The number of carbonyl (C=O) groups is 1. The molecule has 0 atom stereocenters. The number of nitrogens with one attached hydrogen (secondary N) is 2. The molecule has 0 aliphatic rings. The summed E-state index contributed by atoms with van der Waals surface area (Å²) in [5.41, 5.74) is 1.67. The minimum absolute atomic E-state index is 0.231. The predicted molar refractivity (Wildman–Crippen MR) is 76.4 cm³/mol. The van der Waals surface area contributed by atoms with Crippen molar-refractivity contribution in [1.82, 2.24) is 15.5 Å². The lowest BCUT2D eigenvalue weighted by molar-refractivity contribution is 0.0957. The molecule has 5 nitrogen and oxygen atoms in total. The highest BCUT2D eigenvalue weighted by Gasteiger charge is 2.06. The topological polar surface area (TPSA) is 66.9 Å². The quantitative estimate of drug-likeness (QED) is 0.877. The van der Waals surface area contributed by atoms with Crippen LogP contribution < -0.4 is 10.6 Å². The van der Waals surface area contributed by atoms with E-state index in [2.05, 4.69) is 39.2 Å². The Morgan fingerprint density at radius 3 is 2.79 bits per heavy atom. The van der Waals surface area contributed by atoms with Crippen molar-refractivity contribution < 1.29 is 4.79 Å². The van der Waals surface area contributed by atoms with Gasteiger partial charge in [-0.1, -0.05) is 6.92 Å².